The van der Waals surface area contributed by atoms with Crippen molar-refractivity contribution in [1.82, 2.24) is 9.71 Å². The molecule has 0 radical (unpaired) electrons. The van der Waals surface area contributed by atoms with Crippen molar-refractivity contribution < 1.29 is 22.7 Å². The van der Waals surface area contributed by atoms with E-state index in [2.05, 4.69) is 4.98 Å². The first-order valence-electron chi connectivity index (χ1n) is 4.75. The summed E-state index contributed by atoms with van der Waals surface area (Å²) in [6, 6.07) is 2.19. The van der Waals surface area contributed by atoms with Crippen LogP contribution in [0.2, 0.25) is 0 Å². The number of rotatable bonds is 4. The number of pyridine rings is 1. The van der Waals surface area contributed by atoms with Crippen molar-refractivity contribution in [3.63, 3.8) is 0 Å². The largest absolute Gasteiger partial charge is 0.480 e. The first-order chi connectivity index (χ1) is 7.87. The summed E-state index contributed by atoms with van der Waals surface area (Å²) in [5, 5.41) is 8.06. The predicted octanol–water partition coefficient (Wildman–Crippen LogP) is 0.116. The molecule has 0 bridgehead atoms. The Bertz CT molecular complexity index is 568. The van der Waals surface area contributed by atoms with E-state index in [0.717, 1.165) is 12.3 Å². The minimum Gasteiger partial charge on any atom is -0.480 e. The van der Waals surface area contributed by atoms with Crippen molar-refractivity contribution in [3.05, 3.63) is 24.1 Å². The lowest BCUT2D eigenvalue weighted by molar-refractivity contribution is -0.140. The van der Waals surface area contributed by atoms with Gasteiger partial charge in [0.25, 0.3) is 10.0 Å². The molecule has 1 aliphatic carbocycles. The van der Waals surface area contributed by atoms with Crippen LogP contribution in [0.4, 0.5) is 4.39 Å². The molecular formula is C9H9FN2O4S. The second kappa shape index (κ2) is 3.74. The van der Waals surface area contributed by atoms with E-state index in [1.54, 1.807) is 0 Å². The number of hydrogen-bond acceptors (Lipinski definition) is 4. The summed E-state index contributed by atoms with van der Waals surface area (Å²) in [5.41, 5.74) is -1.50. The Kier molecular flexibility index (Phi) is 2.63. The van der Waals surface area contributed by atoms with Crippen LogP contribution in [0, 0.1) is 5.82 Å². The summed E-state index contributed by atoms with van der Waals surface area (Å²) < 4.78 is 38.7. The number of carboxylic acids is 1. The van der Waals surface area contributed by atoms with Crippen LogP contribution < -0.4 is 4.72 Å². The molecule has 2 rings (SSSR count). The van der Waals surface area contributed by atoms with Crippen LogP contribution in [0.3, 0.4) is 0 Å². The van der Waals surface area contributed by atoms with E-state index in [1.807, 2.05) is 4.72 Å². The van der Waals surface area contributed by atoms with E-state index in [-0.39, 0.29) is 12.8 Å². The van der Waals surface area contributed by atoms with Crippen LogP contribution in [0.25, 0.3) is 0 Å². The van der Waals surface area contributed by atoms with E-state index in [9.17, 15) is 17.6 Å². The highest BCUT2D eigenvalue weighted by atomic mass is 32.2. The quantitative estimate of drug-likeness (QED) is 0.801. The molecule has 0 aliphatic heterocycles. The van der Waals surface area contributed by atoms with Gasteiger partial charge in [-0.25, -0.2) is 17.8 Å². The maximum absolute atomic E-state index is 13.3. The molecule has 0 unspecified atom stereocenters. The molecular weight excluding hydrogens is 251 g/mol. The first kappa shape index (κ1) is 11.9. The summed E-state index contributed by atoms with van der Waals surface area (Å²) in [4.78, 5) is 14.2. The van der Waals surface area contributed by atoms with Crippen LogP contribution in [0.1, 0.15) is 12.8 Å². The number of halogens is 1. The van der Waals surface area contributed by atoms with Crippen LogP contribution in [0.15, 0.2) is 23.4 Å². The zero-order chi connectivity index (χ0) is 12.7. The van der Waals surface area contributed by atoms with Crippen LogP contribution >= 0.6 is 0 Å². The number of carbonyl (C=O) groups is 1. The Hall–Kier alpha value is -1.54. The Balaban J connectivity index is 2.33. The molecule has 2 N–H and O–H groups in total. The highest BCUT2D eigenvalue weighted by Gasteiger charge is 2.53. The van der Waals surface area contributed by atoms with Gasteiger partial charge >= 0.3 is 5.97 Å². The van der Waals surface area contributed by atoms with Gasteiger partial charge in [0.1, 0.15) is 5.54 Å². The molecule has 1 fully saturated rings. The van der Waals surface area contributed by atoms with E-state index in [0.29, 0.717) is 0 Å². The molecule has 1 aromatic heterocycles. The van der Waals surface area contributed by atoms with Crippen molar-refractivity contribution in [2.75, 3.05) is 0 Å². The van der Waals surface area contributed by atoms with Gasteiger partial charge in [0.15, 0.2) is 5.82 Å². The molecule has 17 heavy (non-hydrogen) atoms. The van der Waals surface area contributed by atoms with Crippen LogP contribution in [-0.2, 0) is 14.8 Å². The monoisotopic (exact) mass is 260 g/mol. The number of aliphatic carboxylic acids is 1. The minimum atomic E-state index is -4.25. The lowest BCUT2D eigenvalue weighted by atomic mass is 10.3. The summed E-state index contributed by atoms with van der Waals surface area (Å²) in [6.07, 6.45) is 1.50. The smallest absolute Gasteiger partial charge is 0.324 e. The zero-order valence-electron chi connectivity index (χ0n) is 8.55. The van der Waals surface area contributed by atoms with Gasteiger partial charge in [0.2, 0.25) is 5.03 Å². The van der Waals surface area contributed by atoms with Gasteiger partial charge in [-0.1, -0.05) is 0 Å². The molecule has 1 saturated carbocycles. The summed E-state index contributed by atoms with van der Waals surface area (Å²) in [5.74, 6) is -2.28. The molecule has 1 aliphatic rings. The number of aromatic nitrogens is 1. The van der Waals surface area contributed by atoms with E-state index < -0.39 is 32.4 Å². The molecule has 0 saturated heterocycles. The van der Waals surface area contributed by atoms with Gasteiger partial charge in [-0.05, 0) is 25.0 Å². The normalized spacial score (nSPS) is 17.7. The summed E-state index contributed by atoms with van der Waals surface area (Å²) >= 11 is 0. The van der Waals surface area contributed by atoms with E-state index in [1.165, 1.54) is 6.07 Å². The van der Waals surface area contributed by atoms with E-state index >= 15 is 0 Å². The topological polar surface area (TPSA) is 96.4 Å². The van der Waals surface area contributed by atoms with Crippen LogP contribution in [-0.4, -0.2) is 30.0 Å². The Morgan fingerprint density at radius 1 is 1.53 bits per heavy atom. The lowest BCUT2D eigenvalue weighted by Gasteiger charge is -2.12. The number of sulfonamides is 1. The van der Waals surface area contributed by atoms with Crippen LogP contribution in [0.5, 0.6) is 0 Å². The molecule has 1 heterocycles. The highest BCUT2D eigenvalue weighted by Crippen LogP contribution is 2.37. The van der Waals surface area contributed by atoms with Crippen molar-refractivity contribution in [3.8, 4) is 0 Å². The van der Waals surface area contributed by atoms with Crippen molar-refractivity contribution in [2.45, 2.75) is 23.4 Å². The number of carboxylic acid groups (broad SMARTS) is 1. The number of hydrogen-bond donors (Lipinski definition) is 2. The average Bonchev–Trinajstić information content (AvgIpc) is 2.98. The molecule has 0 aromatic carbocycles. The Labute approximate surface area is 96.5 Å². The van der Waals surface area contributed by atoms with Gasteiger partial charge in [-0.3, -0.25) is 4.79 Å². The van der Waals surface area contributed by atoms with Crippen molar-refractivity contribution >= 4 is 16.0 Å². The third-order valence-corrected chi connectivity index (χ3v) is 3.94. The highest BCUT2D eigenvalue weighted by molar-refractivity contribution is 7.89. The second-order valence-corrected chi connectivity index (χ2v) is 5.38. The average molecular weight is 260 g/mol. The predicted molar refractivity (Wildman–Crippen MR) is 54.1 cm³/mol. The molecule has 8 heteroatoms. The van der Waals surface area contributed by atoms with Gasteiger partial charge in [-0.2, -0.15) is 4.72 Å². The molecule has 0 spiro atoms. The van der Waals surface area contributed by atoms with Gasteiger partial charge < -0.3 is 5.11 Å². The fourth-order valence-corrected chi connectivity index (χ4v) is 2.79. The molecule has 92 valence electrons. The molecule has 6 nitrogen and oxygen atoms in total. The van der Waals surface area contributed by atoms with Crippen molar-refractivity contribution in [2.24, 2.45) is 0 Å². The second-order valence-electron chi connectivity index (χ2n) is 3.78. The SMILES string of the molecule is O=C(O)C1(NS(=O)(=O)c2ncccc2F)CC1. The molecule has 1 aromatic rings. The van der Waals surface area contributed by atoms with Gasteiger partial charge in [-0.15, -0.1) is 0 Å². The minimum absolute atomic E-state index is 0.190. The standard InChI is InChI=1S/C9H9FN2O4S/c10-6-2-1-5-11-7(6)17(15,16)12-9(3-4-9)8(13)14/h1-2,5,12H,3-4H2,(H,13,14). The van der Waals surface area contributed by atoms with E-state index in [4.69, 9.17) is 5.11 Å². The maximum atomic E-state index is 13.3. The third-order valence-electron chi connectivity index (χ3n) is 2.47. The maximum Gasteiger partial charge on any atom is 0.324 e. The number of nitrogens with one attached hydrogen (secondary N) is 1. The third kappa shape index (κ3) is 2.13. The van der Waals surface area contributed by atoms with Crippen molar-refractivity contribution in [1.29, 1.82) is 0 Å². The number of nitrogens with zero attached hydrogens (tertiary/aromatic N) is 1. The Morgan fingerprint density at radius 3 is 2.65 bits per heavy atom. The zero-order valence-corrected chi connectivity index (χ0v) is 9.37. The first-order valence-corrected chi connectivity index (χ1v) is 6.24. The van der Waals surface area contributed by atoms with Gasteiger partial charge in [0, 0.05) is 6.20 Å². The van der Waals surface area contributed by atoms with Gasteiger partial charge in [0.05, 0.1) is 0 Å². The lowest BCUT2D eigenvalue weighted by Crippen LogP contribution is -2.43. The summed E-state index contributed by atoms with van der Waals surface area (Å²) in [6.45, 7) is 0. The fraction of sp³-hybridized carbons (Fsp3) is 0.333. The molecule has 0 atom stereocenters. The summed E-state index contributed by atoms with van der Waals surface area (Å²) in [7, 11) is -4.25. The molecule has 0 amide bonds. The Morgan fingerprint density at radius 2 is 2.18 bits per heavy atom. The fourth-order valence-electron chi connectivity index (χ4n) is 1.36.